The first-order valence-electron chi connectivity index (χ1n) is 7.10. The molecule has 1 amide bonds. The molecular formula is C16H24N2O. The van der Waals surface area contributed by atoms with E-state index in [0.29, 0.717) is 5.92 Å². The van der Waals surface area contributed by atoms with Gasteiger partial charge in [-0.15, -0.1) is 0 Å². The Morgan fingerprint density at radius 3 is 2.53 bits per heavy atom. The van der Waals surface area contributed by atoms with E-state index in [0.717, 1.165) is 37.2 Å². The summed E-state index contributed by atoms with van der Waals surface area (Å²) in [6.07, 6.45) is 2.30. The third-order valence-corrected chi connectivity index (χ3v) is 4.32. The highest BCUT2D eigenvalue weighted by atomic mass is 16.2. The van der Waals surface area contributed by atoms with Gasteiger partial charge in [0.25, 0.3) is 0 Å². The molecule has 19 heavy (non-hydrogen) atoms. The second kappa shape index (κ2) is 5.24. The van der Waals surface area contributed by atoms with Gasteiger partial charge < -0.3 is 10.6 Å². The van der Waals surface area contributed by atoms with Crippen LogP contribution < -0.4 is 5.73 Å². The van der Waals surface area contributed by atoms with Crippen LogP contribution in [0.15, 0.2) is 24.3 Å². The second-order valence-electron chi connectivity index (χ2n) is 6.06. The van der Waals surface area contributed by atoms with Gasteiger partial charge in [0.2, 0.25) is 5.91 Å². The van der Waals surface area contributed by atoms with Gasteiger partial charge in [0.15, 0.2) is 0 Å². The number of nitrogens with two attached hydrogens (primary N) is 1. The average molecular weight is 260 g/mol. The molecule has 1 atom stereocenters. The normalized spacial score (nSPS) is 19.7. The summed E-state index contributed by atoms with van der Waals surface area (Å²) in [4.78, 5) is 14.7. The van der Waals surface area contributed by atoms with E-state index in [-0.39, 0.29) is 5.91 Å². The van der Waals surface area contributed by atoms with Gasteiger partial charge in [0.1, 0.15) is 0 Å². The van der Waals surface area contributed by atoms with Crippen molar-refractivity contribution >= 4 is 11.6 Å². The van der Waals surface area contributed by atoms with E-state index < -0.39 is 5.41 Å². The number of amides is 1. The summed E-state index contributed by atoms with van der Waals surface area (Å²) in [6.45, 7) is 8.01. The molecule has 0 bridgehead atoms. The Hall–Kier alpha value is -1.51. The van der Waals surface area contributed by atoms with Gasteiger partial charge >= 0.3 is 0 Å². The number of hydrogen-bond donors (Lipinski definition) is 1. The number of nitrogen functional groups attached to an aromatic ring is 1. The number of carbonyl (C=O) groups is 1. The number of rotatable bonds is 3. The summed E-state index contributed by atoms with van der Waals surface area (Å²) in [5.74, 6) is 0.902. The minimum atomic E-state index is -0.476. The van der Waals surface area contributed by atoms with Crippen molar-refractivity contribution in [1.29, 1.82) is 0 Å². The highest BCUT2D eigenvalue weighted by Crippen LogP contribution is 2.29. The number of benzene rings is 1. The van der Waals surface area contributed by atoms with Crippen LogP contribution in [0.4, 0.5) is 5.69 Å². The Labute approximate surface area is 115 Å². The van der Waals surface area contributed by atoms with E-state index in [4.69, 9.17) is 5.73 Å². The Morgan fingerprint density at radius 2 is 2.00 bits per heavy atom. The lowest BCUT2D eigenvalue weighted by Crippen LogP contribution is -2.42. The highest BCUT2D eigenvalue weighted by molar-refractivity contribution is 5.87. The lowest BCUT2D eigenvalue weighted by molar-refractivity contribution is -0.135. The molecule has 0 aromatic heterocycles. The van der Waals surface area contributed by atoms with Crippen molar-refractivity contribution in [2.24, 2.45) is 5.92 Å². The van der Waals surface area contributed by atoms with Gasteiger partial charge in [-0.2, -0.15) is 0 Å². The van der Waals surface area contributed by atoms with Crippen LogP contribution >= 0.6 is 0 Å². The quantitative estimate of drug-likeness (QED) is 0.849. The summed E-state index contributed by atoms with van der Waals surface area (Å²) in [6, 6.07) is 7.65. The first kappa shape index (κ1) is 13.9. The molecule has 1 aromatic carbocycles. The summed E-state index contributed by atoms with van der Waals surface area (Å²) in [5.41, 5.74) is 7.00. The van der Waals surface area contributed by atoms with Crippen molar-refractivity contribution in [3.8, 4) is 0 Å². The number of carbonyl (C=O) groups excluding carboxylic acids is 1. The van der Waals surface area contributed by atoms with Crippen LogP contribution in [-0.4, -0.2) is 23.9 Å². The maximum absolute atomic E-state index is 12.7. The molecule has 1 heterocycles. The number of likely N-dealkylation sites (tertiary alicyclic amines) is 1. The number of anilines is 1. The smallest absolute Gasteiger partial charge is 0.232 e. The fourth-order valence-electron chi connectivity index (χ4n) is 2.77. The molecule has 1 aliphatic heterocycles. The predicted octanol–water partition coefficient (Wildman–Crippen LogP) is 2.80. The van der Waals surface area contributed by atoms with Crippen LogP contribution in [0.3, 0.4) is 0 Å². The van der Waals surface area contributed by atoms with E-state index >= 15 is 0 Å². The minimum absolute atomic E-state index is 0.230. The molecule has 0 spiro atoms. The molecule has 0 aliphatic carbocycles. The molecule has 1 fully saturated rings. The maximum atomic E-state index is 12.7. The fourth-order valence-corrected chi connectivity index (χ4v) is 2.77. The lowest BCUT2D eigenvalue weighted by Gasteiger charge is -2.30. The third-order valence-electron chi connectivity index (χ3n) is 4.32. The molecule has 3 heteroatoms. The number of nitrogens with zero attached hydrogens (tertiary/aromatic N) is 1. The largest absolute Gasteiger partial charge is 0.399 e. The van der Waals surface area contributed by atoms with Crippen molar-refractivity contribution in [2.45, 2.75) is 39.0 Å². The summed E-state index contributed by atoms with van der Waals surface area (Å²) in [5, 5.41) is 0. The molecule has 1 aromatic rings. The van der Waals surface area contributed by atoms with Crippen molar-refractivity contribution < 1.29 is 4.79 Å². The zero-order valence-electron chi connectivity index (χ0n) is 12.1. The maximum Gasteiger partial charge on any atom is 0.232 e. The zero-order valence-corrected chi connectivity index (χ0v) is 12.1. The summed E-state index contributed by atoms with van der Waals surface area (Å²) in [7, 11) is 0. The van der Waals surface area contributed by atoms with Gasteiger partial charge in [-0.25, -0.2) is 0 Å². The zero-order chi connectivity index (χ0) is 14.0. The number of hydrogen-bond acceptors (Lipinski definition) is 2. The van der Waals surface area contributed by atoms with Crippen LogP contribution in [0.1, 0.15) is 39.2 Å². The Bertz CT molecular complexity index is 450. The standard InChI is InChI=1S/C16H24N2O/c1-4-12-9-10-18(11-12)15(19)16(2,3)13-5-7-14(17)8-6-13/h5-8,12H,4,9-11,17H2,1-3H3. The SMILES string of the molecule is CCC1CCN(C(=O)C(C)(C)c2ccc(N)cc2)C1. The van der Waals surface area contributed by atoms with Crippen LogP contribution in [-0.2, 0) is 10.2 Å². The predicted molar refractivity (Wildman–Crippen MR) is 78.9 cm³/mol. The van der Waals surface area contributed by atoms with E-state index in [1.165, 1.54) is 0 Å². The van der Waals surface area contributed by atoms with E-state index in [1.54, 1.807) is 0 Å². The Balaban J connectivity index is 2.15. The van der Waals surface area contributed by atoms with Crippen LogP contribution in [0.25, 0.3) is 0 Å². The fraction of sp³-hybridized carbons (Fsp3) is 0.562. The van der Waals surface area contributed by atoms with E-state index in [9.17, 15) is 4.79 Å². The van der Waals surface area contributed by atoms with Gasteiger partial charge in [0.05, 0.1) is 5.41 Å². The van der Waals surface area contributed by atoms with Crippen LogP contribution in [0.2, 0.25) is 0 Å². The van der Waals surface area contributed by atoms with Crippen molar-refractivity contribution in [2.75, 3.05) is 18.8 Å². The first-order valence-corrected chi connectivity index (χ1v) is 7.10. The van der Waals surface area contributed by atoms with Crippen molar-refractivity contribution in [3.63, 3.8) is 0 Å². The Kier molecular flexibility index (Phi) is 3.83. The van der Waals surface area contributed by atoms with Crippen molar-refractivity contribution in [1.82, 2.24) is 4.90 Å². The van der Waals surface area contributed by atoms with Crippen molar-refractivity contribution in [3.05, 3.63) is 29.8 Å². The van der Waals surface area contributed by atoms with Gasteiger partial charge in [-0.3, -0.25) is 4.79 Å². The monoisotopic (exact) mass is 260 g/mol. The summed E-state index contributed by atoms with van der Waals surface area (Å²) >= 11 is 0. The molecule has 1 unspecified atom stereocenters. The van der Waals surface area contributed by atoms with E-state index in [1.807, 2.05) is 43.0 Å². The molecule has 3 nitrogen and oxygen atoms in total. The molecule has 2 N–H and O–H groups in total. The molecule has 1 aliphatic rings. The van der Waals surface area contributed by atoms with Gasteiger partial charge in [-0.1, -0.05) is 25.5 Å². The van der Waals surface area contributed by atoms with Gasteiger partial charge in [0, 0.05) is 18.8 Å². The minimum Gasteiger partial charge on any atom is -0.399 e. The topological polar surface area (TPSA) is 46.3 Å². The molecular weight excluding hydrogens is 236 g/mol. The summed E-state index contributed by atoms with van der Waals surface area (Å²) < 4.78 is 0. The molecule has 1 saturated heterocycles. The van der Waals surface area contributed by atoms with Crippen LogP contribution in [0, 0.1) is 5.92 Å². The average Bonchev–Trinajstić information content (AvgIpc) is 2.87. The van der Waals surface area contributed by atoms with Gasteiger partial charge in [-0.05, 0) is 43.9 Å². The van der Waals surface area contributed by atoms with Crippen LogP contribution in [0.5, 0.6) is 0 Å². The second-order valence-corrected chi connectivity index (χ2v) is 6.06. The highest BCUT2D eigenvalue weighted by Gasteiger charge is 2.36. The molecule has 0 saturated carbocycles. The first-order chi connectivity index (χ1) is 8.95. The third kappa shape index (κ3) is 2.75. The molecule has 2 rings (SSSR count). The Morgan fingerprint density at radius 1 is 1.37 bits per heavy atom. The van der Waals surface area contributed by atoms with E-state index in [2.05, 4.69) is 6.92 Å². The molecule has 0 radical (unpaired) electrons. The molecule has 104 valence electrons. The lowest BCUT2D eigenvalue weighted by atomic mass is 9.83.